The highest BCUT2D eigenvalue weighted by molar-refractivity contribution is 5.78. The Morgan fingerprint density at radius 1 is 1.23 bits per heavy atom. The van der Waals surface area contributed by atoms with E-state index in [1.807, 2.05) is 55.5 Å². The first-order valence-electron chi connectivity index (χ1n) is 7.43. The van der Waals surface area contributed by atoms with Crippen LogP contribution in [0.25, 0.3) is 0 Å². The average molecular weight is 297 g/mol. The van der Waals surface area contributed by atoms with Crippen molar-refractivity contribution in [2.24, 2.45) is 0 Å². The van der Waals surface area contributed by atoms with E-state index in [1.54, 1.807) is 0 Å². The molecule has 0 saturated heterocycles. The Morgan fingerprint density at radius 3 is 2.86 bits per heavy atom. The Bertz CT molecular complexity index is 669. The van der Waals surface area contributed by atoms with Gasteiger partial charge in [0.05, 0.1) is 12.6 Å². The van der Waals surface area contributed by atoms with Crippen molar-refractivity contribution >= 4 is 5.91 Å². The summed E-state index contributed by atoms with van der Waals surface area (Å²) < 4.78 is 11.2. The molecule has 22 heavy (non-hydrogen) atoms. The van der Waals surface area contributed by atoms with Crippen molar-refractivity contribution in [3.8, 4) is 11.5 Å². The molecule has 0 fully saturated rings. The standard InChI is InChI=1S/C18H19NO3/c1-13-6-2-4-8-16(13)22-12-18(20)19-15-10-11-21-17-9-5-3-7-14(15)17/h2-9,15H,10-12H2,1H3,(H,19,20)/t15-/m1/s1. The molecular weight excluding hydrogens is 278 g/mol. The SMILES string of the molecule is Cc1ccccc1OCC(=O)N[C@@H]1CCOc2ccccc21. The Balaban J connectivity index is 1.60. The first-order valence-corrected chi connectivity index (χ1v) is 7.43. The van der Waals surface area contributed by atoms with Crippen LogP contribution in [0.3, 0.4) is 0 Å². The number of hydrogen-bond donors (Lipinski definition) is 1. The van der Waals surface area contributed by atoms with Crippen molar-refractivity contribution in [2.75, 3.05) is 13.2 Å². The number of ether oxygens (including phenoxy) is 2. The van der Waals surface area contributed by atoms with Gasteiger partial charge >= 0.3 is 0 Å². The number of carbonyl (C=O) groups excluding carboxylic acids is 1. The maximum atomic E-state index is 12.1. The maximum absolute atomic E-state index is 12.1. The van der Waals surface area contributed by atoms with Gasteiger partial charge in [-0.3, -0.25) is 4.79 Å². The molecule has 0 aliphatic carbocycles. The fourth-order valence-corrected chi connectivity index (χ4v) is 2.59. The number of rotatable bonds is 4. The van der Waals surface area contributed by atoms with Crippen molar-refractivity contribution < 1.29 is 14.3 Å². The zero-order valence-corrected chi connectivity index (χ0v) is 12.5. The molecule has 4 heteroatoms. The van der Waals surface area contributed by atoms with Crippen LogP contribution in [0, 0.1) is 6.92 Å². The molecule has 3 rings (SSSR count). The smallest absolute Gasteiger partial charge is 0.258 e. The number of fused-ring (bicyclic) bond motifs is 1. The minimum atomic E-state index is -0.120. The van der Waals surface area contributed by atoms with Gasteiger partial charge < -0.3 is 14.8 Å². The number of benzene rings is 2. The summed E-state index contributed by atoms with van der Waals surface area (Å²) in [5.41, 5.74) is 2.05. The molecule has 0 saturated carbocycles. The summed E-state index contributed by atoms with van der Waals surface area (Å²) in [6.07, 6.45) is 0.771. The molecule has 2 aromatic rings. The quantitative estimate of drug-likeness (QED) is 0.943. The molecule has 1 amide bonds. The van der Waals surface area contributed by atoms with Gasteiger partial charge in [0.2, 0.25) is 0 Å². The van der Waals surface area contributed by atoms with Crippen molar-refractivity contribution in [1.82, 2.24) is 5.32 Å². The highest BCUT2D eigenvalue weighted by atomic mass is 16.5. The van der Waals surface area contributed by atoms with Crippen LogP contribution in [0.1, 0.15) is 23.6 Å². The molecule has 1 atom stereocenters. The third-order valence-corrected chi connectivity index (χ3v) is 3.75. The van der Waals surface area contributed by atoms with Gasteiger partial charge in [-0.25, -0.2) is 0 Å². The van der Waals surface area contributed by atoms with Gasteiger partial charge in [-0.15, -0.1) is 0 Å². The summed E-state index contributed by atoms with van der Waals surface area (Å²) in [5.74, 6) is 1.47. The molecule has 0 bridgehead atoms. The molecule has 0 unspecified atom stereocenters. The summed E-state index contributed by atoms with van der Waals surface area (Å²) >= 11 is 0. The molecule has 114 valence electrons. The predicted molar refractivity (Wildman–Crippen MR) is 84.1 cm³/mol. The molecule has 1 aliphatic heterocycles. The van der Waals surface area contributed by atoms with Crippen LogP contribution in [-0.2, 0) is 4.79 Å². The molecule has 2 aromatic carbocycles. The van der Waals surface area contributed by atoms with Gasteiger partial charge in [-0.1, -0.05) is 36.4 Å². The van der Waals surface area contributed by atoms with Crippen LogP contribution in [0.15, 0.2) is 48.5 Å². The van der Waals surface area contributed by atoms with Crippen molar-refractivity contribution in [3.63, 3.8) is 0 Å². The van der Waals surface area contributed by atoms with Gasteiger partial charge in [0.25, 0.3) is 5.91 Å². The lowest BCUT2D eigenvalue weighted by Gasteiger charge is -2.26. The van der Waals surface area contributed by atoms with E-state index in [9.17, 15) is 4.79 Å². The van der Waals surface area contributed by atoms with Gasteiger partial charge in [-0.2, -0.15) is 0 Å². The summed E-state index contributed by atoms with van der Waals surface area (Å²) in [4.78, 5) is 12.1. The molecule has 1 N–H and O–H groups in total. The van der Waals surface area contributed by atoms with E-state index in [0.29, 0.717) is 6.61 Å². The summed E-state index contributed by atoms with van der Waals surface area (Å²) in [6, 6.07) is 15.5. The average Bonchev–Trinajstić information content (AvgIpc) is 2.54. The lowest BCUT2D eigenvalue weighted by atomic mass is 10.0. The number of hydrogen-bond acceptors (Lipinski definition) is 3. The Morgan fingerprint density at radius 2 is 2.00 bits per heavy atom. The van der Waals surface area contributed by atoms with Crippen LogP contribution in [0.4, 0.5) is 0 Å². The van der Waals surface area contributed by atoms with Crippen LogP contribution < -0.4 is 14.8 Å². The van der Waals surface area contributed by atoms with Gasteiger partial charge in [0.15, 0.2) is 6.61 Å². The van der Waals surface area contributed by atoms with Crippen LogP contribution >= 0.6 is 0 Å². The maximum Gasteiger partial charge on any atom is 0.258 e. The summed E-state index contributed by atoms with van der Waals surface area (Å²) in [5, 5.41) is 3.02. The van der Waals surface area contributed by atoms with E-state index in [0.717, 1.165) is 29.0 Å². The third-order valence-electron chi connectivity index (χ3n) is 3.75. The summed E-state index contributed by atoms with van der Waals surface area (Å²) in [6.45, 7) is 2.59. The van der Waals surface area contributed by atoms with Crippen molar-refractivity contribution in [2.45, 2.75) is 19.4 Å². The second-order valence-corrected chi connectivity index (χ2v) is 5.35. The molecule has 1 heterocycles. The van der Waals surface area contributed by atoms with E-state index >= 15 is 0 Å². The van der Waals surface area contributed by atoms with Gasteiger partial charge in [-0.05, 0) is 24.6 Å². The van der Waals surface area contributed by atoms with E-state index in [2.05, 4.69) is 5.32 Å². The highest BCUT2D eigenvalue weighted by Crippen LogP contribution is 2.31. The van der Waals surface area contributed by atoms with E-state index in [1.165, 1.54) is 0 Å². The zero-order valence-electron chi connectivity index (χ0n) is 12.5. The topological polar surface area (TPSA) is 47.6 Å². The minimum absolute atomic E-state index is 0.0158. The first-order chi connectivity index (χ1) is 10.7. The summed E-state index contributed by atoms with van der Waals surface area (Å²) in [7, 11) is 0. The Kier molecular flexibility index (Phi) is 4.28. The Hall–Kier alpha value is -2.49. The molecule has 0 spiro atoms. The highest BCUT2D eigenvalue weighted by Gasteiger charge is 2.22. The minimum Gasteiger partial charge on any atom is -0.493 e. The number of aryl methyl sites for hydroxylation is 1. The zero-order chi connectivity index (χ0) is 15.4. The van der Waals surface area contributed by atoms with E-state index < -0.39 is 0 Å². The number of nitrogens with one attached hydrogen (secondary N) is 1. The lowest BCUT2D eigenvalue weighted by Crippen LogP contribution is -2.35. The lowest BCUT2D eigenvalue weighted by molar-refractivity contribution is -0.124. The number of para-hydroxylation sites is 2. The Labute approximate surface area is 130 Å². The molecule has 4 nitrogen and oxygen atoms in total. The normalized spacial score (nSPS) is 16.3. The van der Waals surface area contributed by atoms with Crippen molar-refractivity contribution in [3.05, 3.63) is 59.7 Å². The largest absolute Gasteiger partial charge is 0.493 e. The second kappa shape index (κ2) is 6.52. The van der Waals surface area contributed by atoms with Gasteiger partial charge in [0, 0.05) is 12.0 Å². The van der Waals surface area contributed by atoms with Crippen LogP contribution in [0.5, 0.6) is 11.5 Å². The second-order valence-electron chi connectivity index (χ2n) is 5.35. The van der Waals surface area contributed by atoms with Crippen LogP contribution in [0.2, 0.25) is 0 Å². The van der Waals surface area contributed by atoms with E-state index in [4.69, 9.17) is 9.47 Å². The molecule has 1 aliphatic rings. The fourth-order valence-electron chi connectivity index (χ4n) is 2.59. The first kappa shape index (κ1) is 14.4. The molecular formula is C18H19NO3. The molecule has 0 aromatic heterocycles. The predicted octanol–water partition coefficient (Wildman–Crippen LogP) is 3.01. The van der Waals surface area contributed by atoms with Crippen LogP contribution in [-0.4, -0.2) is 19.1 Å². The molecule has 0 radical (unpaired) electrons. The van der Waals surface area contributed by atoms with Crippen molar-refractivity contribution in [1.29, 1.82) is 0 Å². The fraction of sp³-hybridized carbons (Fsp3) is 0.278. The van der Waals surface area contributed by atoms with E-state index in [-0.39, 0.29) is 18.6 Å². The third kappa shape index (κ3) is 3.22. The monoisotopic (exact) mass is 297 g/mol. The number of amides is 1. The van der Waals surface area contributed by atoms with Gasteiger partial charge in [0.1, 0.15) is 11.5 Å². The number of carbonyl (C=O) groups is 1.